The van der Waals surface area contributed by atoms with Gasteiger partial charge >= 0.3 is 0 Å². The number of carbonyl (C=O) groups is 1. The molecular weight excluding hydrogens is 214 g/mol. The normalized spacial score (nSPS) is 9.93. The van der Waals surface area contributed by atoms with Crippen molar-refractivity contribution in [2.45, 2.75) is 19.8 Å². The zero-order valence-electron chi connectivity index (χ0n) is 8.45. The van der Waals surface area contributed by atoms with Gasteiger partial charge in [0.2, 0.25) is 5.76 Å². The summed E-state index contributed by atoms with van der Waals surface area (Å²) in [6, 6.07) is 0. The van der Waals surface area contributed by atoms with Crippen molar-refractivity contribution in [3.8, 4) is 0 Å². The maximum Gasteiger partial charge on any atom is 0.288 e. The molecule has 0 saturated carbocycles. The lowest BCUT2D eigenvalue weighted by Gasteiger charge is -2.02. The number of aromatic nitrogens is 1. The molecule has 0 unspecified atom stereocenters. The van der Waals surface area contributed by atoms with E-state index in [0.717, 1.165) is 6.42 Å². The molecule has 0 atom stereocenters. The summed E-state index contributed by atoms with van der Waals surface area (Å²) < 4.78 is 4.93. The molecule has 0 bridgehead atoms. The van der Waals surface area contributed by atoms with Crippen LogP contribution in [-0.2, 0) is 0 Å². The fourth-order valence-corrected chi connectivity index (χ4v) is 1.21. The molecule has 0 spiro atoms. The van der Waals surface area contributed by atoms with Crippen molar-refractivity contribution in [2.24, 2.45) is 5.73 Å². The van der Waals surface area contributed by atoms with E-state index in [-0.39, 0.29) is 11.7 Å². The van der Waals surface area contributed by atoms with Crippen molar-refractivity contribution < 1.29 is 9.21 Å². The van der Waals surface area contributed by atoms with Gasteiger partial charge in [-0.2, -0.15) is 0 Å². The van der Waals surface area contributed by atoms with Crippen molar-refractivity contribution in [2.75, 3.05) is 6.54 Å². The number of aryl methyl sites for hydroxylation is 1. The fraction of sp³-hybridized carbons (Fsp3) is 0.444. The second-order valence-electron chi connectivity index (χ2n) is 3.09. The zero-order chi connectivity index (χ0) is 11.3. The Kier molecular flexibility index (Phi) is 4.23. The molecule has 82 valence electrons. The molecule has 0 aliphatic heterocycles. The van der Waals surface area contributed by atoms with E-state index in [2.05, 4.69) is 10.3 Å². The van der Waals surface area contributed by atoms with Crippen LogP contribution in [0.3, 0.4) is 0 Å². The molecule has 3 N–H and O–H groups in total. The van der Waals surface area contributed by atoms with Crippen LogP contribution in [0.15, 0.2) is 10.8 Å². The molecule has 0 aliphatic carbocycles. The number of amides is 1. The van der Waals surface area contributed by atoms with Crippen LogP contribution in [0.1, 0.15) is 29.1 Å². The molecule has 1 heterocycles. The van der Waals surface area contributed by atoms with Gasteiger partial charge < -0.3 is 15.5 Å². The highest BCUT2D eigenvalue weighted by atomic mass is 32.1. The van der Waals surface area contributed by atoms with Gasteiger partial charge in [0, 0.05) is 6.54 Å². The molecule has 5 nitrogen and oxygen atoms in total. The van der Waals surface area contributed by atoms with Crippen LogP contribution in [0.5, 0.6) is 0 Å². The van der Waals surface area contributed by atoms with Crippen LogP contribution in [0.25, 0.3) is 0 Å². The third kappa shape index (κ3) is 3.67. The van der Waals surface area contributed by atoms with Crippen molar-refractivity contribution in [1.29, 1.82) is 0 Å². The second kappa shape index (κ2) is 5.45. The Bertz CT molecular complexity index is 362. The van der Waals surface area contributed by atoms with Crippen LogP contribution >= 0.6 is 12.2 Å². The van der Waals surface area contributed by atoms with E-state index in [9.17, 15) is 4.79 Å². The monoisotopic (exact) mass is 227 g/mol. The highest BCUT2D eigenvalue weighted by molar-refractivity contribution is 7.80. The number of thiocarbonyl (C=S) groups is 1. The quantitative estimate of drug-likeness (QED) is 0.574. The number of hydrogen-bond acceptors (Lipinski definition) is 4. The molecule has 0 fully saturated rings. The van der Waals surface area contributed by atoms with Crippen molar-refractivity contribution in [3.63, 3.8) is 0 Å². The predicted octanol–water partition coefficient (Wildman–Crippen LogP) is 0.779. The summed E-state index contributed by atoms with van der Waals surface area (Å²) >= 11 is 4.71. The first kappa shape index (κ1) is 11.6. The zero-order valence-corrected chi connectivity index (χ0v) is 9.26. The Balaban J connectivity index is 2.31. The smallest absolute Gasteiger partial charge is 0.288 e. The molecule has 1 rings (SSSR count). The third-order valence-electron chi connectivity index (χ3n) is 1.84. The number of oxazole rings is 1. The maximum atomic E-state index is 11.5. The predicted molar refractivity (Wildman–Crippen MR) is 59.6 cm³/mol. The number of rotatable bonds is 5. The van der Waals surface area contributed by atoms with E-state index in [0.29, 0.717) is 23.6 Å². The first-order valence-electron chi connectivity index (χ1n) is 4.58. The highest BCUT2D eigenvalue weighted by Crippen LogP contribution is 2.04. The number of hydrogen-bond donors (Lipinski definition) is 2. The van der Waals surface area contributed by atoms with Gasteiger partial charge in [-0.1, -0.05) is 12.2 Å². The summed E-state index contributed by atoms with van der Waals surface area (Å²) in [4.78, 5) is 15.7. The molecule has 6 heteroatoms. The minimum Gasteiger partial charge on any atom is -0.438 e. The van der Waals surface area contributed by atoms with Crippen LogP contribution in [0.2, 0.25) is 0 Å². The van der Waals surface area contributed by atoms with Gasteiger partial charge in [-0.25, -0.2) is 4.98 Å². The van der Waals surface area contributed by atoms with Crippen molar-refractivity contribution >= 4 is 23.1 Å². The second-order valence-corrected chi connectivity index (χ2v) is 3.62. The minimum absolute atomic E-state index is 0.255. The van der Waals surface area contributed by atoms with Crippen molar-refractivity contribution in [3.05, 3.63) is 17.8 Å². The molecule has 0 radical (unpaired) electrons. The lowest BCUT2D eigenvalue weighted by Crippen LogP contribution is -2.25. The lowest BCUT2D eigenvalue weighted by atomic mass is 10.3. The molecule has 1 aromatic rings. The largest absolute Gasteiger partial charge is 0.438 e. The molecule has 1 aromatic heterocycles. The maximum absolute atomic E-state index is 11.5. The summed E-state index contributed by atoms with van der Waals surface area (Å²) in [7, 11) is 0. The van der Waals surface area contributed by atoms with E-state index in [1.165, 1.54) is 6.39 Å². The number of nitrogens with one attached hydrogen (secondary N) is 1. The van der Waals surface area contributed by atoms with Gasteiger partial charge in [0.25, 0.3) is 5.91 Å². The summed E-state index contributed by atoms with van der Waals surface area (Å²) in [5.74, 6) is -0.00161. The summed E-state index contributed by atoms with van der Waals surface area (Å²) in [5.41, 5.74) is 5.90. The number of nitrogens with two attached hydrogens (primary N) is 1. The average Bonchev–Trinajstić information content (AvgIpc) is 2.58. The lowest BCUT2D eigenvalue weighted by molar-refractivity contribution is 0.0925. The van der Waals surface area contributed by atoms with E-state index in [1.807, 2.05) is 0 Å². The first-order valence-corrected chi connectivity index (χ1v) is 4.98. The molecule has 0 aliphatic rings. The Morgan fingerprint density at radius 1 is 1.73 bits per heavy atom. The topological polar surface area (TPSA) is 81.2 Å². The standard InChI is InChI=1S/C9H13N3O2S/c1-6-8(14-5-12-6)9(13)11-4-2-3-7(10)15/h5H,2-4H2,1H3,(H2,10,15)(H,11,13). The molecular formula is C9H13N3O2S. The van der Waals surface area contributed by atoms with E-state index >= 15 is 0 Å². The van der Waals surface area contributed by atoms with E-state index in [1.54, 1.807) is 6.92 Å². The van der Waals surface area contributed by atoms with Crippen LogP contribution in [0, 0.1) is 6.92 Å². The molecule has 1 amide bonds. The Hall–Kier alpha value is -1.43. The SMILES string of the molecule is Cc1ncoc1C(=O)NCCCC(N)=S. The molecule has 0 saturated heterocycles. The van der Waals surface area contributed by atoms with Gasteiger partial charge in [0.05, 0.1) is 10.7 Å². The van der Waals surface area contributed by atoms with Crippen molar-refractivity contribution in [1.82, 2.24) is 10.3 Å². The third-order valence-corrected chi connectivity index (χ3v) is 2.04. The summed E-state index contributed by atoms with van der Waals surface area (Å²) in [5, 5.41) is 2.69. The Labute approximate surface area is 93.0 Å². The van der Waals surface area contributed by atoms with Gasteiger partial charge in [-0.3, -0.25) is 4.79 Å². The molecule has 15 heavy (non-hydrogen) atoms. The highest BCUT2D eigenvalue weighted by Gasteiger charge is 2.12. The number of nitrogens with zero attached hydrogens (tertiary/aromatic N) is 1. The van der Waals surface area contributed by atoms with Gasteiger partial charge in [-0.15, -0.1) is 0 Å². The first-order chi connectivity index (χ1) is 7.11. The van der Waals surface area contributed by atoms with Crippen LogP contribution in [0.4, 0.5) is 0 Å². The van der Waals surface area contributed by atoms with E-state index < -0.39 is 0 Å². The number of carbonyl (C=O) groups excluding carboxylic acids is 1. The van der Waals surface area contributed by atoms with Gasteiger partial charge in [0.15, 0.2) is 6.39 Å². The van der Waals surface area contributed by atoms with Gasteiger partial charge in [0.1, 0.15) is 0 Å². The Morgan fingerprint density at radius 3 is 3.00 bits per heavy atom. The van der Waals surface area contributed by atoms with Crippen LogP contribution in [-0.4, -0.2) is 22.4 Å². The minimum atomic E-state index is -0.257. The fourth-order valence-electron chi connectivity index (χ4n) is 1.06. The Morgan fingerprint density at radius 2 is 2.47 bits per heavy atom. The van der Waals surface area contributed by atoms with E-state index in [4.69, 9.17) is 22.4 Å². The van der Waals surface area contributed by atoms with Gasteiger partial charge in [-0.05, 0) is 19.8 Å². The summed E-state index contributed by atoms with van der Waals surface area (Å²) in [6.07, 6.45) is 2.61. The van der Waals surface area contributed by atoms with Crippen LogP contribution < -0.4 is 11.1 Å². The summed E-state index contributed by atoms with van der Waals surface area (Å²) in [6.45, 7) is 2.24. The molecule has 0 aromatic carbocycles. The average molecular weight is 227 g/mol.